The summed E-state index contributed by atoms with van der Waals surface area (Å²) in [5.41, 5.74) is 7.19. The molecular weight excluding hydrogens is 164 g/mol. The van der Waals surface area contributed by atoms with Gasteiger partial charge in [-0.2, -0.15) is 5.10 Å². The molecule has 0 amide bonds. The summed E-state index contributed by atoms with van der Waals surface area (Å²) in [4.78, 5) is 4.20. The molecule has 0 unspecified atom stereocenters. The molecule has 2 aromatic rings. The summed E-state index contributed by atoms with van der Waals surface area (Å²) in [5.74, 6) is 0. The first-order chi connectivity index (χ1) is 6.40. The lowest BCUT2D eigenvalue weighted by molar-refractivity contribution is 0.936. The lowest BCUT2D eigenvalue weighted by Crippen LogP contribution is -1.93. The van der Waals surface area contributed by atoms with Crippen LogP contribution in [0.2, 0.25) is 0 Å². The molecule has 4 nitrogen and oxygen atoms in total. The fraction of sp³-hybridized carbons (Fsp3) is 0.111. The van der Waals surface area contributed by atoms with Crippen molar-refractivity contribution in [2.24, 2.45) is 5.73 Å². The topological polar surface area (TPSA) is 56.2 Å². The molecule has 66 valence electrons. The van der Waals surface area contributed by atoms with Gasteiger partial charge >= 0.3 is 0 Å². The average molecular weight is 174 g/mol. The normalized spacial score (nSPS) is 11.5. The molecule has 4 heteroatoms. The van der Waals surface area contributed by atoms with Gasteiger partial charge in [0.2, 0.25) is 0 Å². The van der Waals surface area contributed by atoms with Crippen molar-refractivity contribution in [1.29, 1.82) is 0 Å². The van der Waals surface area contributed by atoms with E-state index in [-0.39, 0.29) is 0 Å². The highest BCUT2D eigenvalue weighted by Crippen LogP contribution is 2.02. The Morgan fingerprint density at radius 1 is 1.54 bits per heavy atom. The predicted molar refractivity (Wildman–Crippen MR) is 51.1 cm³/mol. The highest BCUT2D eigenvalue weighted by molar-refractivity contribution is 5.49. The molecule has 0 fully saturated rings. The van der Waals surface area contributed by atoms with Crippen LogP contribution in [0.25, 0.3) is 11.7 Å². The third-order valence-corrected chi connectivity index (χ3v) is 1.71. The van der Waals surface area contributed by atoms with Gasteiger partial charge in [-0.25, -0.2) is 9.50 Å². The molecule has 2 aromatic heterocycles. The minimum absolute atomic E-state index is 0.539. The maximum absolute atomic E-state index is 5.34. The Labute approximate surface area is 75.7 Å². The summed E-state index contributed by atoms with van der Waals surface area (Å²) in [6, 6.07) is 1.86. The maximum atomic E-state index is 5.34. The van der Waals surface area contributed by atoms with Gasteiger partial charge in [0.1, 0.15) is 0 Å². The van der Waals surface area contributed by atoms with Crippen LogP contribution in [0.15, 0.2) is 30.7 Å². The summed E-state index contributed by atoms with van der Waals surface area (Å²) in [6.07, 6.45) is 9.23. The zero-order valence-corrected chi connectivity index (χ0v) is 7.09. The standard InChI is InChI=1S/C9H10N4/c10-4-1-2-8-6-11-9-3-5-12-13(9)7-8/h1-3,5-7H,4,10H2/b2-1+. The minimum atomic E-state index is 0.539. The third kappa shape index (κ3) is 1.57. The first-order valence-corrected chi connectivity index (χ1v) is 4.06. The highest BCUT2D eigenvalue weighted by Gasteiger charge is 1.93. The van der Waals surface area contributed by atoms with Gasteiger partial charge in [0, 0.05) is 30.6 Å². The zero-order valence-electron chi connectivity index (χ0n) is 7.09. The van der Waals surface area contributed by atoms with Crippen LogP contribution in [0.4, 0.5) is 0 Å². The lowest BCUT2D eigenvalue weighted by Gasteiger charge is -1.94. The van der Waals surface area contributed by atoms with Crippen molar-refractivity contribution in [3.63, 3.8) is 0 Å². The van der Waals surface area contributed by atoms with Crippen molar-refractivity contribution < 1.29 is 0 Å². The van der Waals surface area contributed by atoms with E-state index in [2.05, 4.69) is 10.1 Å². The van der Waals surface area contributed by atoms with Crippen molar-refractivity contribution in [3.8, 4) is 0 Å². The highest BCUT2D eigenvalue weighted by atomic mass is 15.2. The first-order valence-electron chi connectivity index (χ1n) is 4.06. The van der Waals surface area contributed by atoms with E-state index in [1.165, 1.54) is 0 Å². The van der Waals surface area contributed by atoms with E-state index in [1.54, 1.807) is 16.9 Å². The largest absolute Gasteiger partial charge is 0.327 e. The van der Waals surface area contributed by atoms with E-state index in [9.17, 15) is 0 Å². The Morgan fingerprint density at radius 3 is 3.31 bits per heavy atom. The van der Waals surface area contributed by atoms with E-state index in [0.29, 0.717) is 6.54 Å². The van der Waals surface area contributed by atoms with Crippen molar-refractivity contribution in [1.82, 2.24) is 14.6 Å². The van der Waals surface area contributed by atoms with Crippen LogP contribution >= 0.6 is 0 Å². The summed E-state index contributed by atoms with van der Waals surface area (Å²) in [6.45, 7) is 0.539. The molecule has 0 atom stereocenters. The second-order valence-corrected chi connectivity index (χ2v) is 2.66. The number of nitrogens with two attached hydrogens (primary N) is 1. The summed E-state index contributed by atoms with van der Waals surface area (Å²) in [5, 5.41) is 4.08. The monoisotopic (exact) mass is 174 g/mol. The Balaban J connectivity index is 2.42. The molecule has 0 aliphatic heterocycles. The van der Waals surface area contributed by atoms with E-state index in [4.69, 9.17) is 5.73 Å². The predicted octanol–water partition coefficient (Wildman–Crippen LogP) is 0.701. The molecule has 2 rings (SSSR count). The van der Waals surface area contributed by atoms with Gasteiger partial charge in [-0.3, -0.25) is 0 Å². The van der Waals surface area contributed by atoms with Crippen molar-refractivity contribution in [3.05, 3.63) is 36.3 Å². The van der Waals surface area contributed by atoms with E-state index < -0.39 is 0 Å². The van der Waals surface area contributed by atoms with E-state index >= 15 is 0 Å². The molecule has 0 radical (unpaired) electrons. The second kappa shape index (κ2) is 3.37. The third-order valence-electron chi connectivity index (χ3n) is 1.71. The van der Waals surface area contributed by atoms with Crippen molar-refractivity contribution in [2.75, 3.05) is 6.54 Å². The molecule has 0 bridgehead atoms. The Bertz CT molecular complexity index is 430. The van der Waals surface area contributed by atoms with E-state index in [1.807, 2.05) is 24.4 Å². The molecule has 0 saturated carbocycles. The van der Waals surface area contributed by atoms with Crippen LogP contribution in [0.5, 0.6) is 0 Å². The summed E-state index contributed by atoms with van der Waals surface area (Å²) in [7, 11) is 0. The number of hydrogen-bond acceptors (Lipinski definition) is 3. The van der Waals surface area contributed by atoms with Gasteiger partial charge in [-0.15, -0.1) is 0 Å². The Kier molecular flexibility index (Phi) is 2.06. The number of fused-ring (bicyclic) bond motifs is 1. The fourth-order valence-corrected chi connectivity index (χ4v) is 1.11. The zero-order chi connectivity index (χ0) is 9.10. The summed E-state index contributed by atoms with van der Waals surface area (Å²) < 4.78 is 1.73. The molecule has 0 aliphatic carbocycles. The average Bonchev–Trinajstić information content (AvgIpc) is 2.61. The lowest BCUT2D eigenvalue weighted by atomic mass is 10.3. The number of rotatable bonds is 2. The van der Waals surface area contributed by atoms with Crippen LogP contribution in [0.3, 0.4) is 0 Å². The number of hydrogen-bond donors (Lipinski definition) is 1. The van der Waals surface area contributed by atoms with Gasteiger partial charge < -0.3 is 5.73 Å². The molecule has 2 N–H and O–H groups in total. The molecule has 0 aliphatic rings. The quantitative estimate of drug-likeness (QED) is 0.729. The number of aromatic nitrogens is 3. The van der Waals surface area contributed by atoms with E-state index in [0.717, 1.165) is 11.2 Å². The SMILES string of the molecule is NC/C=C/c1cnc2ccnn2c1. The van der Waals surface area contributed by atoms with Gasteiger partial charge in [0.15, 0.2) is 5.65 Å². The van der Waals surface area contributed by atoms with Crippen molar-refractivity contribution >= 4 is 11.7 Å². The maximum Gasteiger partial charge on any atom is 0.154 e. The first kappa shape index (κ1) is 7.94. The smallest absolute Gasteiger partial charge is 0.154 e. The van der Waals surface area contributed by atoms with Gasteiger partial charge in [-0.05, 0) is 0 Å². The minimum Gasteiger partial charge on any atom is -0.327 e. The molecule has 0 spiro atoms. The fourth-order valence-electron chi connectivity index (χ4n) is 1.11. The molecule has 0 saturated heterocycles. The molecular formula is C9H10N4. The van der Waals surface area contributed by atoms with Gasteiger partial charge in [-0.1, -0.05) is 12.2 Å². The van der Waals surface area contributed by atoms with Gasteiger partial charge in [0.05, 0.1) is 6.20 Å². The van der Waals surface area contributed by atoms with Crippen LogP contribution in [0, 0.1) is 0 Å². The Hall–Kier alpha value is -1.68. The van der Waals surface area contributed by atoms with Crippen LogP contribution < -0.4 is 5.73 Å². The van der Waals surface area contributed by atoms with Crippen LogP contribution in [0.1, 0.15) is 5.56 Å². The number of nitrogens with zero attached hydrogens (tertiary/aromatic N) is 3. The second-order valence-electron chi connectivity index (χ2n) is 2.66. The molecule has 2 heterocycles. The molecule has 0 aromatic carbocycles. The van der Waals surface area contributed by atoms with Crippen LogP contribution in [-0.4, -0.2) is 21.1 Å². The molecule has 13 heavy (non-hydrogen) atoms. The van der Waals surface area contributed by atoms with Crippen LogP contribution in [-0.2, 0) is 0 Å². The Morgan fingerprint density at radius 2 is 2.46 bits per heavy atom. The van der Waals surface area contributed by atoms with Crippen molar-refractivity contribution in [2.45, 2.75) is 0 Å². The summed E-state index contributed by atoms with van der Waals surface area (Å²) >= 11 is 0. The van der Waals surface area contributed by atoms with Gasteiger partial charge in [0.25, 0.3) is 0 Å².